The monoisotopic (exact) mass is 359 g/mol. The summed E-state index contributed by atoms with van der Waals surface area (Å²) in [4.78, 5) is 0. The molecule has 0 spiro atoms. The minimum absolute atomic E-state index is 0.701. The van der Waals surface area contributed by atoms with Gasteiger partial charge in [0.1, 0.15) is 0 Å². The second-order valence-electron chi connectivity index (χ2n) is 4.88. The molecular weight excluding hydrogens is 334 g/mol. The third kappa shape index (κ3) is 8.30. The van der Waals surface area contributed by atoms with Crippen molar-refractivity contribution in [3.05, 3.63) is 34.3 Å². The van der Waals surface area contributed by atoms with E-state index in [-0.39, 0.29) is 0 Å². The highest BCUT2D eigenvalue weighted by Gasteiger charge is 2.09. The summed E-state index contributed by atoms with van der Waals surface area (Å²) in [5.74, 6) is 3.17. The summed E-state index contributed by atoms with van der Waals surface area (Å²) < 4.78 is 6.23. The first kappa shape index (κ1) is 18.0. The Balaban J connectivity index is 2.41. The zero-order valence-electron chi connectivity index (χ0n) is 12.5. The molecule has 0 saturated carbocycles. The maximum absolute atomic E-state index is 5.08. The molecule has 0 aliphatic heterocycles. The molecule has 1 atom stereocenters. The van der Waals surface area contributed by atoms with E-state index in [0.717, 1.165) is 30.6 Å². The molecule has 1 unspecified atom stereocenters. The lowest BCUT2D eigenvalue weighted by Crippen LogP contribution is -2.27. The van der Waals surface area contributed by atoms with Crippen molar-refractivity contribution in [2.45, 2.75) is 19.8 Å². The van der Waals surface area contributed by atoms with Gasteiger partial charge in [0.15, 0.2) is 0 Å². The van der Waals surface area contributed by atoms with Crippen molar-refractivity contribution >= 4 is 27.7 Å². The molecule has 0 amide bonds. The molecule has 1 aromatic rings. The first-order chi connectivity index (χ1) is 9.76. The molecule has 1 rings (SSSR count). The molecule has 1 N–H and O–H groups in total. The van der Waals surface area contributed by atoms with E-state index >= 15 is 0 Å². The number of methoxy groups -OCH3 is 1. The summed E-state index contributed by atoms with van der Waals surface area (Å²) in [6.45, 7) is 5.03. The standard InChI is InChI=1S/C16H26BrNOS/c1-3-20-11-8-15(13-18-9-10-19-2)12-14-4-6-16(17)7-5-14/h4-7,15,18H,3,8-13H2,1-2H3. The van der Waals surface area contributed by atoms with Crippen LogP contribution in [0.5, 0.6) is 0 Å². The Morgan fingerprint density at radius 3 is 2.70 bits per heavy atom. The van der Waals surface area contributed by atoms with Crippen LogP contribution in [-0.2, 0) is 11.2 Å². The van der Waals surface area contributed by atoms with Gasteiger partial charge in [0.2, 0.25) is 0 Å². The first-order valence-corrected chi connectivity index (χ1v) is 9.22. The number of ether oxygens (including phenoxy) is 1. The zero-order chi connectivity index (χ0) is 14.6. The lowest BCUT2D eigenvalue weighted by Gasteiger charge is -2.17. The van der Waals surface area contributed by atoms with Crippen LogP contribution in [0, 0.1) is 5.92 Å². The Morgan fingerprint density at radius 1 is 1.30 bits per heavy atom. The number of benzene rings is 1. The molecule has 0 aromatic heterocycles. The minimum Gasteiger partial charge on any atom is -0.383 e. The van der Waals surface area contributed by atoms with Gasteiger partial charge in [-0.05, 0) is 54.5 Å². The number of hydrogen-bond donors (Lipinski definition) is 1. The maximum atomic E-state index is 5.08. The summed E-state index contributed by atoms with van der Waals surface area (Å²) in [7, 11) is 1.75. The van der Waals surface area contributed by atoms with E-state index in [9.17, 15) is 0 Å². The SMILES string of the molecule is CCSCCC(CNCCOC)Cc1ccc(Br)cc1. The van der Waals surface area contributed by atoms with Crippen LogP contribution in [0.2, 0.25) is 0 Å². The third-order valence-electron chi connectivity index (χ3n) is 3.23. The molecule has 1 aromatic carbocycles. The molecular formula is C16H26BrNOS. The zero-order valence-corrected chi connectivity index (χ0v) is 14.9. The van der Waals surface area contributed by atoms with Crippen LogP contribution in [0.25, 0.3) is 0 Å². The van der Waals surface area contributed by atoms with Crippen molar-refractivity contribution in [3.63, 3.8) is 0 Å². The number of rotatable bonds is 11. The lowest BCUT2D eigenvalue weighted by atomic mass is 9.97. The van der Waals surface area contributed by atoms with E-state index in [1.165, 1.54) is 23.5 Å². The quantitative estimate of drug-likeness (QED) is 0.603. The molecule has 114 valence electrons. The molecule has 0 aliphatic rings. The van der Waals surface area contributed by atoms with Crippen LogP contribution in [0.4, 0.5) is 0 Å². The predicted molar refractivity (Wildman–Crippen MR) is 93.7 cm³/mol. The number of halogens is 1. The largest absolute Gasteiger partial charge is 0.383 e. The van der Waals surface area contributed by atoms with Crippen molar-refractivity contribution in [3.8, 4) is 0 Å². The Hall–Kier alpha value is -0.0300. The second kappa shape index (κ2) is 11.6. The molecule has 20 heavy (non-hydrogen) atoms. The van der Waals surface area contributed by atoms with E-state index in [2.05, 4.69) is 52.4 Å². The van der Waals surface area contributed by atoms with E-state index < -0.39 is 0 Å². The van der Waals surface area contributed by atoms with Crippen molar-refractivity contribution in [2.24, 2.45) is 5.92 Å². The Kier molecular flexibility index (Phi) is 10.5. The van der Waals surface area contributed by atoms with Crippen molar-refractivity contribution in [2.75, 3.05) is 38.3 Å². The third-order valence-corrected chi connectivity index (χ3v) is 4.69. The fourth-order valence-corrected chi connectivity index (χ4v) is 3.16. The van der Waals surface area contributed by atoms with Crippen molar-refractivity contribution < 1.29 is 4.74 Å². The first-order valence-electron chi connectivity index (χ1n) is 7.28. The number of hydrogen-bond acceptors (Lipinski definition) is 3. The van der Waals surface area contributed by atoms with E-state index in [4.69, 9.17) is 4.74 Å². The summed E-state index contributed by atoms with van der Waals surface area (Å²) in [5, 5.41) is 3.50. The normalized spacial score (nSPS) is 12.6. The predicted octanol–water partition coefficient (Wildman–Crippen LogP) is 3.99. The highest BCUT2D eigenvalue weighted by molar-refractivity contribution is 9.10. The number of thioether (sulfide) groups is 1. The van der Waals surface area contributed by atoms with E-state index in [0.29, 0.717) is 5.92 Å². The minimum atomic E-state index is 0.701. The van der Waals surface area contributed by atoms with Gasteiger partial charge in [0.25, 0.3) is 0 Å². The average Bonchev–Trinajstić information content (AvgIpc) is 2.46. The van der Waals surface area contributed by atoms with Gasteiger partial charge in [0.05, 0.1) is 6.61 Å². The average molecular weight is 360 g/mol. The van der Waals surface area contributed by atoms with Gasteiger partial charge in [-0.25, -0.2) is 0 Å². The van der Waals surface area contributed by atoms with Gasteiger partial charge in [0, 0.05) is 18.1 Å². The molecule has 0 saturated heterocycles. The van der Waals surface area contributed by atoms with Crippen LogP contribution in [0.15, 0.2) is 28.7 Å². The summed E-state index contributed by atoms with van der Waals surface area (Å²) in [6, 6.07) is 8.70. The van der Waals surface area contributed by atoms with Gasteiger partial charge in [-0.3, -0.25) is 0 Å². The Bertz CT molecular complexity index is 345. The Morgan fingerprint density at radius 2 is 2.05 bits per heavy atom. The highest BCUT2D eigenvalue weighted by Crippen LogP contribution is 2.17. The van der Waals surface area contributed by atoms with Crippen molar-refractivity contribution in [1.29, 1.82) is 0 Å². The summed E-state index contributed by atoms with van der Waals surface area (Å²) >= 11 is 5.53. The molecule has 4 heteroatoms. The molecule has 2 nitrogen and oxygen atoms in total. The Labute approximate surface area is 136 Å². The van der Waals surface area contributed by atoms with Gasteiger partial charge < -0.3 is 10.1 Å². The fourth-order valence-electron chi connectivity index (χ4n) is 2.10. The highest BCUT2D eigenvalue weighted by atomic mass is 79.9. The number of nitrogens with one attached hydrogen (secondary N) is 1. The van der Waals surface area contributed by atoms with E-state index in [1.807, 2.05) is 11.8 Å². The lowest BCUT2D eigenvalue weighted by molar-refractivity contribution is 0.197. The molecule has 0 bridgehead atoms. The molecule has 0 heterocycles. The summed E-state index contributed by atoms with van der Waals surface area (Å²) in [6.07, 6.45) is 2.42. The van der Waals surface area contributed by atoms with Gasteiger partial charge in [-0.1, -0.05) is 35.0 Å². The van der Waals surface area contributed by atoms with Gasteiger partial charge >= 0.3 is 0 Å². The van der Waals surface area contributed by atoms with E-state index in [1.54, 1.807) is 7.11 Å². The van der Waals surface area contributed by atoms with Gasteiger partial charge in [-0.15, -0.1) is 0 Å². The van der Waals surface area contributed by atoms with Crippen LogP contribution in [-0.4, -0.2) is 38.3 Å². The molecule has 0 aliphatic carbocycles. The van der Waals surface area contributed by atoms with Gasteiger partial charge in [-0.2, -0.15) is 11.8 Å². The summed E-state index contributed by atoms with van der Waals surface area (Å²) in [5.41, 5.74) is 1.42. The smallest absolute Gasteiger partial charge is 0.0587 e. The molecule has 0 fully saturated rings. The maximum Gasteiger partial charge on any atom is 0.0587 e. The van der Waals surface area contributed by atoms with Crippen LogP contribution >= 0.6 is 27.7 Å². The second-order valence-corrected chi connectivity index (χ2v) is 7.19. The fraction of sp³-hybridized carbons (Fsp3) is 0.625. The van der Waals surface area contributed by atoms with Crippen LogP contribution < -0.4 is 5.32 Å². The van der Waals surface area contributed by atoms with Crippen LogP contribution in [0.1, 0.15) is 18.9 Å². The van der Waals surface area contributed by atoms with Crippen molar-refractivity contribution in [1.82, 2.24) is 5.32 Å². The topological polar surface area (TPSA) is 21.3 Å². The molecule has 0 radical (unpaired) electrons. The van der Waals surface area contributed by atoms with Crippen LogP contribution in [0.3, 0.4) is 0 Å².